The topological polar surface area (TPSA) is 20.2 Å². The Morgan fingerprint density at radius 1 is 0.857 bits per heavy atom. The van der Waals surface area contributed by atoms with Gasteiger partial charge in [0.25, 0.3) is 0 Å². The molecule has 1 rings (SSSR count). The average Bonchev–Trinajstić information content (AvgIpc) is 2.17. The van der Waals surface area contributed by atoms with Gasteiger partial charge in [0.15, 0.2) is 23.3 Å². The minimum atomic E-state index is -1.53. The summed E-state index contributed by atoms with van der Waals surface area (Å²) in [5, 5.41) is 8.50. The van der Waals surface area contributed by atoms with Crippen molar-refractivity contribution in [2.45, 2.75) is 11.0 Å². The molecule has 0 amide bonds. The van der Waals surface area contributed by atoms with Gasteiger partial charge in [-0.15, -0.1) is 0 Å². The molecule has 0 atom stereocenters. The monoisotopic (exact) mass is 320 g/mol. The third kappa shape index (κ3) is 1.72. The van der Waals surface area contributed by atoms with Gasteiger partial charge in [0, 0.05) is 9.99 Å². The lowest BCUT2D eigenvalue weighted by Crippen LogP contribution is -2.07. The molecule has 1 N–H and O–H groups in total. The van der Waals surface area contributed by atoms with Crippen molar-refractivity contribution in [2.24, 2.45) is 0 Å². The number of hydrogen-bond acceptors (Lipinski definition) is 1. The summed E-state index contributed by atoms with van der Waals surface area (Å²) in [6.45, 7) is -1.08. The maximum atomic E-state index is 13.0. The van der Waals surface area contributed by atoms with E-state index in [2.05, 4.69) is 0 Å². The molecule has 0 spiro atoms. The van der Waals surface area contributed by atoms with Crippen molar-refractivity contribution in [1.29, 1.82) is 0 Å². The lowest BCUT2D eigenvalue weighted by molar-refractivity contribution is 0.262. The molecule has 14 heavy (non-hydrogen) atoms. The first kappa shape index (κ1) is 11.7. The van der Waals surface area contributed by atoms with Crippen molar-refractivity contribution in [2.75, 3.05) is 0 Å². The summed E-state index contributed by atoms with van der Waals surface area (Å²) in [5.74, 6) is -5.94. The van der Waals surface area contributed by atoms with Crippen molar-refractivity contribution in [1.82, 2.24) is 0 Å². The van der Waals surface area contributed by atoms with Gasteiger partial charge in [-0.1, -0.05) is 22.6 Å². The Morgan fingerprint density at radius 3 is 1.50 bits per heavy atom. The van der Waals surface area contributed by atoms with Crippen molar-refractivity contribution in [3.05, 3.63) is 34.4 Å². The minimum Gasteiger partial charge on any atom is -0.391 e. The number of aliphatic hydroxyl groups is 1. The summed E-state index contributed by atoms with van der Waals surface area (Å²) in [7, 11) is 0. The standard InChI is InChI=1S/C8H5F4IO/c9-5-3(1-13)6(10)8(12)4(2-14)7(5)11/h14H,1-2H2. The van der Waals surface area contributed by atoms with Gasteiger partial charge in [0.05, 0.1) is 12.2 Å². The smallest absolute Gasteiger partial charge is 0.167 e. The fourth-order valence-corrected chi connectivity index (χ4v) is 1.65. The second-order valence-electron chi connectivity index (χ2n) is 2.50. The molecule has 6 heteroatoms. The van der Waals surface area contributed by atoms with E-state index in [4.69, 9.17) is 5.11 Å². The third-order valence-electron chi connectivity index (χ3n) is 1.74. The number of alkyl halides is 1. The zero-order valence-electron chi connectivity index (χ0n) is 6.75. The maximum absolute atomic E-state index is 13.0. The van der Waals surface area contributed by atoms with Crippen molar-refractivity contribution < 1.29 is 22.7 Å². The summed E-state index contributed by atoms with van der Waals surface area (Å²) in [6.07, 6.45) is 0. The average molecular weight is 320 g/mol. The third-order valence-corrected chi connectivity index (χ3v) is 2.50. The molecule has 78 valence electrons. The highest BCUT2D eigenvalue weighted by Crippen LogP contribution is 2.25. The fraction of sp³-hybridized carbons (Fsp3) is 0.250. The quantitative estimate of drug-likeness (QED) is 0.384. The van der Waals surface area contributed by atoms with Gasteiger partial charge >= 0.3 is 0 Å². The molecule has 0 aliphatic rings. The van der Waals surface area contributed by atoms with E-state index in [0.29, 0.717) is 0 Å². The lowest BCUT2D eigenvalue weighted by atomic mass is 10.1. The first-order valence-electron chi connectivity index (χ1n) is 3.55. The van der Waals surface area contributed by atoms with Crippen LogP contribution in [0.3, 0.4) is 0 Å². The van der Waals surface area contributed by atoms with Crippen LogP contribution in [0.1, 0.15) is 11.1 Å². The number of benzene rings is 1. The van der Waals surface area contributed by atoms with E-state index in [-0.39, 0.29) is 4.43 Å². The van der Waals surface area contributed by atoms with Crippen LogP contribution in [0.25, 0.3) is 0 Å². The van der Waals surface area contributed by atoms with E-state index in [1.165, 1.54) is 0 Å². The Hall–Kier alpha value is -0.370. The molecule has 1 aromatic rings. The van der Waals surface area contributed by atoms with Crippen LogP contribution in [0.2, 0.25) is 0 Å². The Kier molecular flexibility index (Phi) is 3.71. The van der Waals surface area contributed by atoms with Gasteiger partial charge in [-0.3, -0.25) is 0 Å². The number of halogens is 5. The lowest BCUT2D eigenvalue weighted by Gasteiger charge is -2.08. The van der Waals surface area contributed by atoms with Crippen LogP contribution in [-0.4, -0.2) is 5.11 Å². The van der Waals surface area contributed by atoms with Crippen molar-refractivity contribution >= 4 is 22.6 Å². The van der Waals surface area contributed by atoms with E-state index >= 15 is 0 Å². The van der Waals surface area contributed by atoms with Gasteiger partial charge in [0.1, 0.15) is 0 Å². The summed E-state index contributed by atoms with van der Waals surface area (Å²) < 4.78 is 51.7. The molecule has 0 saturated carbocycles. The molecular weight excluding hydrogens is 315 g/mol. The van der Waals surface area contributed by atoms with E-state index in [1.54, 1.807) is 22.6 Å². The molecule has 0 bridgehead atoms. The van der Waals surface area contributed by atoms with Crippen LogP contribution < -0.4 is 0 Å². The summed E-state index contributed by atoms with van der Waals surface area (Å²) in [5.41, 5.74) is -1.63. The Labute approximate surface area is 90.9 Å². The molecule has 0 aliphatic carbocycles. The zero-order valence-corrected chi connectivity index (χ0v) is 8.91. The molecule has 0 aliphatic heterocycles. The Bertz CT molecular complexity index is 303. The molecular formula is C8H5F4IO. The predicted molar refractivity (Wildman–Crippen MR) is 49.9 cm³/mol. The van der Waals surface area contributed by atoms with Gasteiger partial charge in [-0.05, 0) is 0 Å². The van der Waals surface area contributed by atoms with E-state index in [9.17, 15) is 17.6 Å². The first-order valence-corrected chi connectivity index (χ1v) is 5.07. The van der Waals surface area contributed by atoms with Crippen LogP contribution in [0.5, 0.6) is 0 Å². The molecule has 0 unspecified atom stereocenters. The van der Waals surface area contributed by atoms with Crippen LogP contribution in [0, 0.1) is 23.3 Å². The second-order valence-corrected chi connectivity index (χ2v) is 3.27. The van der Waals surface area contributed by atoms with E-state index < -0.39 is 41.0 Å². The maximum Gasteiger partial charge on any atom is 0.167 e. The van der Waals surface area contributed by atoms with Crippen molar-refractivity contribution in [3.63, 3.8) is 0 Å². The number of hydrogen-bond donors (Lipinski definition) is 1. The van der Waals surface area contributed by atoms with E-state index in [0.717, 1.165) is 0 Å². The van der Waals surface area contributed by atoms with Gasteiger partial charge in [-0.25, -0.2) is 17.6 Å². The Balaban J connectivity index is 3.55. The van der Waals surface area contributed by atoms with Crippen LogP contribution in [0.15, 0.2) is 0 Å². The number of aliphatic hydroxyl groups excluding tert-OH is 1. The minimum absolute atomic E-state index is 0.186. The second kappa shape index (κ2) is 4.43. The van der Waals surface area contributed by atoms with Crippen molar-refractivity contribution in [3.8, 4) is 0 Å². The Morgan fingerprint density at radius 2 is 1.21 bits per heavy atom. The fourth-order valence-electron chi connectivity index (χ4n) is 0.979. The molecule has 0 fully saturated rings. The molecule has 1 nitrogen and oxygen atoms in total. The molecule has 0 heterocycles. The largest absolute Gasteiger partial charge is 0.391 e. The van der Waals surface area contributed by atoms with Gasteiger partial charge < -0.3 is 5.11 Å². The summed E-state index contributed by atoms with van der Waals surface area (Å²) in [6, 6.07) is 0. The summed E-state index contributed by atoms with van der Waals surface area (Å²) in [4.78, 5) is 0. The van der Waals surface area contributed by atoms with Crippen LogP contribution >= 0.6 is 22.6 Å². The summed E-state index contributed by atoms with van der Waals surface area (Å²) >= 11 is 1.59. The molecule has 0 aromatic heterocycles. The van der Waals surface area contributed by atoms with E-state index in [1.807, 2.05) is 0 Å². The van der Waals surface area contributed by atoms with Crippen LogP contribution in [-0.2, 0) is 11.0 Å². The molecule has 0 saturated heterocycles. The zero-order chi connectivity index (χ0) is 10.9. The van der Waals surface area contributed by atoms with Gasteiger partial charge in [-0.2, -0.15) is 0 Å². The number of rotatable bonds is 2. The highest BCUT2D eigenvalue weighted by atomic mass is 127. The highest BCUT2D eigenvalue weighted by molar-refractivity contribution is 14.1. The SMILES string of the molecule is OCc1c(F)c(F)c(CI)c(F)c1F. The molecule has 1 aromatic carbocycles. The predicted octanol–water partition coefficient (Wildman–Crippen LogP) is 2.67. The van der Waals surface area contributed by atoms with Crippen LogP contribution in [0.4, 0.5) is 17.6 Å². The van der Waals surface area contributed by atoms with Gasteiger partial charge in [0.2, 0.25) is 0 Å². The molecule has 0 radical (unpaired) electrons. The highest BCUT2D eigenvalue weighted by Gasteiger charge is 2.23. The first-order chi connectivity index (χ1) is 6.54. The normalized spacial score (nSPS) is 10.7.